The molecular formula is C23H37N3O5. The van der Waals surface area contributed by atoms with E-state index in [0.29, 0.717) is 12.1 Å². The first-order valence-corrected chi connectivity index (χ1v) is 10.7. The normalized spacial score (nSPS) is 12.1. The van der Waals surface area contributed by atoms with Crippen molar-refractivity contribution < 1.29 is 24.2 Å². The summed E-state index contributed by atoms with van der Waals surface area (Å²) in [5.41, 5.74) is 2.02. The summed E-state index contributed by atoms with van der Waals surface area (Å²) >= 11 is 0. The molecule has 8 heteroatoms. The van der Waals surface area contributed by atoms with Gasteiger partial charge in [-0.1, -0.05) is 31.5 Å². The number of alkyl carbamates (subject to hydrolysis) is 1. The summed E-state index contributed by atoms with van der Waals surface area (Å²) in [5.74, 6) is -0.815. The van der Waals surface area contributed by atoms with Crippen LogP contribution < -0.4 is 10.6 Å². The molecule has 0 aliphatic carbocycles. The monoisotopic (exact) mass is 435 g/mol. The molecule has 1 rings (SSSR count). The smallest absolute Gasteiger partial charge is 0.408 e. The van der Waals surface area contributed by atoms with Crippen LogP contribution in [0.2, 0.25) is 0 Å². The Bertz CT molecular complexity index is 758. The van der Waals surface area contributed by atoms with E-state index in [1.165, 1.54) is 4.90 Å². The maximum absolute atomic E-state index is 13.1. The lowest BCUT2D eigenvalue weighted by Gasteiger charge is -2.31. The Labute approximate surface area is 185 Å². The van der Waals surface area contributed by atoms with E-state index in [0.717, 1.165) is 24.0 Å². The molecule has 0 radical (unpaired) electrons. The SMILES string of the molecule is CCCCNC(=O)C(c1ccc(C)c(C)c1)N(CCO)C(=O)CNC(=O)OC(C)(C)C. The number of aliphatic hydroxyl groups is 1. The van der Waals surface area contributed by atoms with Crippen molar-refractivity contribution in [2.45, 2.75) is 66.0 Å². The van der Waals surface area contributed by atoms with Gasteiger partial charge in [0.05, 0.1) is 6.61 Å². The van der Waals surface area contributed by atoms with Crippen LogP contribution in [0.15, 0.2) is 18.2 Å². The van der Waals surface area contributed by atoms with E-state index in [2.05, 4.69) is 10.6 Å². The summed E-state index contributed by atoms with van der Waals surface area (Å²) in [7, 11) is 0. The molecule has 0 heterocycles. The fourth-order valence-corrected chi connectivity index (χ4v) is 2.96. The largest absolute Gasteiger partial charge is 0.444 e. The molecule has 0 aliphatic rings. The summed E-state index contributed by atoms with van der Waals surface area (Å²) < 4.78 is 5.17. The van der Waals surface area contributed by atoms with Gasteiger partial charge in [0, 0.05) is 13.1 Å². The summed E-state index contributed by atoms with van der Waals surface area (Å²) in [6.07, 6.45) is 1.02. The van der Waals surface area contributed by atoms with Gasteiger partial charge in [-0.05, 0) is 57.7 Å². The number of nitrogens with zero attached hydrogens (tertiary/aromatic N) is 1. The van der Waals surface area contributed by atoms with Crippen molar-refractivity contribution >= 4 is 17.9 Å². The summed E-state index contributed by atoms with van der Waals surface area (Å²) in [4.78, 5) is 39.3. The van der Waals surface area contributed by atoms with Gasteiger partial charge in [-0.15, -0.1) is 0 Å². The zero-order chi connectivity index (χ0) is 23.6. The first kappa shape index (κ1) is 26.4. The Morgan fingerprint density at radius 3 is 2.35 bits per heavy atom. The molecule has 0 aromatic heterocycles. The number of benzene rings is 1. The highest BCUT2D eigenvalue weighted by Crippen LogP contribution is 2.24. The second-order valence-corrected chi connectivity index (χ2v) is 8.56. The minimum absolute atomic E-state index is 0.0480. The number of aliphatic hydroxyl groups excluding tert-OH is 1. The molecule has 0 saturated carbocycles. The molecule has 0 aliphatic heterocycles. The van der Waals surface area contributed by atoms with E-state index in [1.54, 1.807) is 20.8 Å². The van der Waals surface area contributed by atoms with Gasteiger partial charge in [0.15, 0.2) is 0 Å². The molecule has 0 bridgehead atoms. The molecule has 1 aromatic carbocycles. The molecule has 0 saturated heterocycles. The first-order valence-electron chi connectivity index (χ1n) is 10.7. The van der Waals surface area contributed by atoms with E-state index >= 15 is 0 Å². The lowest BCUT2D eigenvalue weighted by molar-refractivity contribution is -0.140. The van der Waals surface area contributed by atoms with Crippen LogP contribution in [0.5, 0.6) is 0 Å². The van der Waals surface area contributed by atoms with Crippen LogP contribution in [-0.4, -0.2) is 59.8 Å². The molecule has 0 spiro atoms. The second-order valence-electron chi connectivity index (χ2n) is 8.56. The van der Waals surface area contributed by atoms with Crippen molar-refractivity contribution in [3.05, 3.63) is 34.9 Å². The number of aryl methyl sites for hydroxylation is 2. The molecule has 1 atom stereocenters. The highest BCUT2D eigenvalue weighted by molar-refractivity contribution is 5.90. The Kier molecular flexibility index (Phi) is 10.5. The molecule has 3 N–H and O–H groups in total. The average Bonchev–Trinajstić information content (AvgIpc) is 2.67. The molecule has 3 amide bonds. The van der Waals surface area contributed by atoms with Crippen LogP contribution in [-0.2, 0) is 14.3 Å². The molecule has 174 valence electrons. The van der Waals surface area contributed by atoms with Crippen molar-refractivity contribution in [2.24, 2.45) is 0 Å². The minimum Gasteiger partial charge on any atom is -0.444 e. The summed E-state index contributed by atoms with van der Waals surface area (Å²) in [6.45, 7) is 10.9. The number of amides is 3. The van der Waals surface area contributed by atoms with Crippen molar-refractivity contribution in [3.63, 3.8) is 0 Å². The number of rotatable bonds is 10. The molecule has 1 unspecified atom stereocenters. The van der Waals surface area contributed by atoms with Crippen LogP contribution in [0.25, 0.3) is 0 Å². The fourth-order valence-electron chi connectivity index (χ4n) is 2.96. The third kappa shape index (κ3) is 8.96. The average molecular weight is 436 g/mol. The van der Waals surface area contributed by atoms with Crippen molar-refractivity contribution in [1.29, 1.82) is 0 Å². The van der Waals surface area contributed by atoms with E-state index in [1.807, 2.05) is 39.0 Å². The number of unbranched alkanes of at least 4 members (excludes halogenated alkanes) is 1. The Morgan fingerprint density at radius 2 is 1.81 bits per heavy atom. The number of nitrogens with one attached hydrogen (secondary N) is 2. The lowest BCUT2D eigenvalue weighted by atomic mass is 9.99. The Balaban J connectivity index is 3.13. The van der Waals surface area contributed by atoms with Crippen LogP contribution in [0.4, 0.5) is 4.79 Å². The van der Waals surface area contributed by atoms with Crippen LogP contribution in [0.3, 0.4) is 0 Å². The van der Waals surface area contributed by atoms with Crippen molar-refractivity contribution in [2.75, 3.05) is 26.2 Å². The molecular weight excluding hydrogens is 398 g/mol. The first-order chi connectivity index (χ1) is 14.5. The number of ether oxygens (including phenoxy) is 1. The standard InChI is InChI=1S/C23H37N3O5/c1-7-8-11-24-21(29)20(18-10-9-16(2)17(3)14-18)26(12-13-27)19(28)15-25-22(30)31-23(4,5)6/h9-10,14,20,27H,7-8,11-13,15H2,1-6H3,(H,24,29)(H,25,30). The predicted octanol–water partition coefficient (Wildman–Crippen LogP) is 2.61. The topological polar surface area (TPSA) is 108 Å². The van der Waals surface area contributed by atoms with E-state index in [9.17, 15) is 19.5 Å². The lowest BCUT2D eigenvalue weighted by Crippen LogP contribution is -2.49. The van der Waals surface area contributed by atoms with E-state index in [-0.39, 0.29) is 25.6 Å². The second kappa shape index (κ2) is 12.3. The Hall–Kier alpha value is -2.61. The van der Waals surface area contributed by atoms with Crippen LogP contribution in [0.1, 0.15) is 63.3 Å². The molecule has 0 fully saturated rings. The third-order valence-electron chi connectivity index (χ3n) is 4.68. The summed E-state index contributed by atoms with van der Waals surface area (Å²) in [6, 6.07) is 4.66. The number of carbonyl (C=O) groups is 3. The van der Waals surface area contributed by atoms with Gasteiger partial charge in [-0.2, -0.15) is 0 Å². The van der Waals surface area contributed by atoms with Crippen LogP contribution in [0, 0.1) is 13.8 Å². The van der Waals surface area contributed by atoms with Crippen molar-refractivity contribution in [3.8, 4) is 0 Å². The third-order valence-corrected chi connectivity index (χ3v) is 4.68. The number of hydrogen-bond donors (Lipinski definition) is 3. The quantitative estimate of drug-likeness (QED) is 0.490. The summed E-state index contributed by atoms with van der Waals surface area (Å²) in [5, 5.41) is 14.9. The fraction of sp³-hybridized carbons (Fsp3) is 0.609. The highest BCUT2D eigenvalue weighted by Gasteiger charge is 2.31. The van der Waals surface area contributed by atoms with Gasteiger partial charge < -0.3 is 25.4 Å². The van der Waals surface area contributed by atoms with E-state index in [4.69, 9.17) is 4.74 Å². The maximum atomic E-state index is 13.1. The van der Waals surface area contributed by atoms with Gasteiger partial charge in [0.2, 0.25) is 11.8 Å². The van der Waals surface area contributed by atoms with Gasteiger partial charge in [0.1, 0.15) is 18.2 Å². The van der Waals surface area contributed by atoms with Crippen LogP contribution >= 0.6 is 0 Å². The van der Waals surface area contributed by atoms with Gasteiger partial charge in [-0.3, -0.25) is 9.59 Å². The zero-order valence-electron chi connectivity index (χ0n) is 19.6. The molecule has 31 heavy (non-hydrogen) atoms. The minimum atomic E-state index is -0.920. The van der Waals surface area contributed by atoms with Gasteiger partial charge in [0.25, 0.3) is 0 Å². The number of carbonyl (C=O) groups excluding carboxylic acids is 3. The predicted molar refractivity (Wildman–Crippen MR) is 120 cm³/mol. The number of hydrogen-bond acceptors (Lipinski definition) is 5. The highest BCUT2D eigenvalue weighted by atomic mass is 16.6. The maximum Gasteiger partial charge on any atom is 0.408 e. The van der Waals surface area contributed by atoms with E-state index < -0.39 is 23.6 Å². The van der Waals surface area contributed by atoms with Gasteiger partial charge >= 0.3 is 6.09 Å². The molecule has 8 nitrogen and oxygen atoms in total. The van der Waals surface area contributed by atoms with Crippen molar-refractivity contribution in [1.82, 2.24) is 15.5 Å². The zero-order valence-corrected chi connectivity index (χ0v) is 19.6. The Morgan fingerprint density at radius 1 is 1.13 bits per heavy atom. The van der Waals surface area contributed by atoms with Gasteiger partial charge in [-0.25, -0.2) is 4.79 Å². The molecule has 1 aromatic rings.